The Morgan fingerprint density at radius 2 is 0.848 bits per heavy atom. The molecule has 66 heavy (non-hydrogen) atoms. The number of aliphatic hydroxyl groups is 1. The predicted octanol–water partition coefficient (Wildman–Crippen LogP) is 14.1. The summed E-state index contributed by atoms with van der Waals surface area (Å²) in [5.74, 6) is -1.66. The monoisotopic (exact) mass is 945 g/mol. The Hall–Kier alpha value is -3.60. The van der Waals surface area contributed by atoms with Crippen LogP contribution in [0.3, 0.4) is 0 Å². The number of allylic oxidation sites excluding steroid dienone is 15. The summed E-state index contributed by atoms with van der Waals surface area (Å²) in [7, 11) is -4.77. The zero-order chi connectivity index (χ0) is 48.4. The molecule has 0 fully saturated rings. The van der Waals surface area contributed by atoms with Crippen LogP contribution in [0.1, 0.15) is 188 Å². The Kier molecular flexibility index (Phi) is 45.3. The average Bonchev–Trinajstić information content (AvgIpc) is 3.30. The van der Waals surface area contributed by atoms with E-state index in [0.29, 0.717) is 19.3 Å². The molecule has 0 aliphatic carbocycles. The van der Waals surface area contributed by atoms with Crippen molar-refractivity contribution < 1.29 is 52.2 Å². The van der Waals surface area contributed by atoms with Gasteiger partial charge in [-0.25, -0.2) is 4.57 Å². The van der Waals surface area contributed by atoms with Gasteiger partial charge >= 0.3 is 25.7 Å². The van der Waals surface area contributed by atoms with Gasteiger partial charge < -0.3 is 24.2 Å². The lowest BCUT2D eigenvalue weighted by Gasteiger charge is -2.21. The Balaban J connectivity index is 4.93. The fraction of sp³-hybridized carbons (Fsp3) is 0.648. The van der Waals surface area contributed by atoms with Gasteiger partial charge in [0, 0.05) is 12.8 Å². The van der Waals surface area contributed by atoms with Crippen molar-refractivity contribution in [2.45, 2.75) is 200 Å². The fourth-order valence-corrected chi connectivity index (χ4v) is 7.05. The maximum atomic E-state index is 12.8. The lowest BCUT2D eigenvalue weighted by atomic mass is 10.1. The number of phosphoric ester groups is 1. The molecule has 3 unspecified atom stereocenters. The first kappa shape index (κ1) is 62.4. The third-order valence-electron chi connectivity index (χ3n) is 10.0. The summed E-state index contributed by atoms with van der Waals surface area (Å²) in [4.78, 5) is 48.1. The summed E-state index contributed by atoms with van der Waals surface area (Å²) in [5, 5.41) is 9.75. The van der Waals surface area contributed by atoms with E-state index in [1.807, 2.05) is 18.2 Å². The van der Waals surface area contributed by atoms with Crippen LogP contribution < -0.4 is 0 Å². The molecule has 0 aromatic carbocycles. The number of phosphoric acid groups is 1. The molecule has 0 spiro atoms. The fourth-order valence-electron chi connectivity index (χ4n) is 6.27. The van der Waals surface area contributed by atoms with Crippen LogP contribution in [-0.2, 0) is 42.2 Å². The molecule has 0 saturated carbocycles. The van der Waals surface area contributed by atoms with E-state index in [-0.39, 0.29) is 19.3 Å². The molecule has 376 valence electrons. The minimum atomic E-state index is -4.77. The van der Waals surface area contributed by atoms with Crippen molar-refractivity contribution in [3.63, 3.8) is 0 Å². The highest BCUT2D eigenvalue weighted by Gasteiger charge is 2.28. The van der Waals surface area contributed by atoms with Crippen molar-refractivity contribution in [3.05, 3.63) is 97.2 Å². The van der Waals surface area contributed by atoms with Crippen LogP contribution in [0.4, 0.5) is 0 Å². The number of carbonyl (C=O) groups excluding carboxylic acids is 3. The summed E-state index contributed by atoms with van der Waals surface area (Å²) in [5.41, 5.74) is 0. The Morgan fingerprint density at radius 3 is 1.33 bits per heavy atom. The first-order valence-electron chi connectivity index (χ1n) is 25.1. The van der Waals surface area contributed by atoms with Crippen molar-refractivity contribution in [2.24, 2.45) is 0 Å². The van der Waals surface area contributed by atoms with Gasteiger partial charge in [-0.1, -0.05) is 189 Å². The molecule has 0 heterocycles. The largest absolute Gasteiger partial charge is 0.472 e. The minimum Gasteiger partial charge on any atom is -0.462 e. The second-order valence-electron chi connectivity index (χ2n) is 16.2. The summed E-state index contributed by atoms with van der Waals surface area (Å²) < 4.78 is 39.1. The smallest absolute Gasteiger partial charge is 0.462 e. The van der Waals surface area contributed by atoms with Crippen LogP contribution in [0.25, 0.3) is 0 Å². The van der Waals surface area contributed by atoms with Crippen molar-refractivity contribution in [1.29, 1.82) is 0 Å². The summed E-state index contributed by atoms with van der Waals surface area (Å²) in [6.45, 7) is 4.23. The maximum absolute atomic E-state index is 12.8. The number of unbranched alkanes of at least 4 members (excludes halogenated alkanes) is 13. The van der Waals surface area contributed by atoms with E-state index in [4.69, 9.17) is 23.3 Å². The molecule has 0 aliphatic rings. The van der Waals surface area contributed by atoms with E-state index in [0.717, 1.165) is 83.5 Å². The summed E-state index contributed by atoms with van der Waals surface area (Å²) >= 11 is 0. The summed E-state index contributed by atoms with van der Waals surface area (Å²) in [6, 6.07) is 0. The number of hydrogen-bond donors (Lipinski definition) is 2. The molecule has 3 atom stereocenters. The van der Waals surface area contributed by atoms with Crippen molar-refractivity contribution >= 4 is 25.7 Å². The van der Waals surface area contributed by atoms with Gasteiger partial charge in [0.2, 0.25) is 0 Å². The van der Waals surface area contributed by atoms with E-state index in [2.05, 4.69) is 93.7 Å². The molecule has 0 aromatic rings. The number of rotatable bonds is 45. The van der Waals surface area contributed by atoms with Crippen LogP contribution >= 0.6 is 7.82 Å². The van der Waals surface area contributed by atoms with E-state index >= 15 is 0 Å². The summed E-state index contributed by atoms with van der Waals surface area (Å²) in [6.07, 6.45) is 54.2. The normalized spacial score (nSPS) is 14.3. The van der Waals surface area contributed by atoms with Crippen molar-refractivity contribution in [3.8, 4) is 0 Å². The van der Waals surface area contributed by atoms with Crippen LogP contribution in [0.15, 0.2) is 97.2 Å². The van der Waals surface area contributed by atoms with E-state index in [9.17, 15) is 28.9 Å². The van der Waals surface area contributed by atoms with Crippen LogP contribution in [0.2, 0.25) is 0 Å². The van der Waals surface area contributed by atoms with Gasteiger partial charge in [-0.3, -0.25) is 23.4 Å². The second kappa shape index (κ2) is 47.9. The highest BCUT2D eigenvalue weighted by atomic mass is 31.2. The molecule has 0 radical (unpaired) electrons. The standard InChI is InChI=1S/C54H89O11P/c1-4-7-10-13-16-19-22-24-25-27-30-33-36-39-42-45-54(58)65-51(47-61-52(56)43-40-37-34-31-29-26-23-20-17-14-11-8-5-2)49-63-66(59,60)62-48-50(46-55)64-53(57)44-41-38-35-32-28-21-18-15-12-9-6-3/h7-8,10-11,16-17,19-20,24-26,29-30,33,39,42,50-51,55H,4-6,9,12-15,18,21-23,27-28,31-32,34-38,40-41,43-49H2,1-3H3,(H,59,60)/b10-7-,11-8-,19-16-,20-17-,25-24-,29-26-,33-30-,42-39-. The predicted molar refractivity (Wildman–Crippen MR) is 270 cm³/mol. The van der Waals surface area contributed by atoms with Crippen LogP contribution in [-0.4, -0.2) is 66.5 Å². The van der Waals surface area contributed by atoms with Crippen molar-refractivity contribution in [1.82, 2.24) is 0 Å². The topological polar surface area (TPSA) is 155 Å². The molecule has 0 rings (SSSR count). The third-order valence-corrected chi connectivity index (χ3v) is 11.0. The zero-order valence-electron chi connectivity index (χ0n) is 41.1. The van der Waals surface area contributed by atoms with Gasteiger partial charge in [-0.15, -0.1) is 0 Å². The molecule has 0 aromatic heterocycles. The van der Waals surface area contributed by atoms with Gasteiger partial charge in [-0.2, -0.15) is 0 Å². The highest BCUT2D eigenvalue weighted by Crippen LogP contribution is 2.43. The molecule has 0 amide bonds. The molecule has 12 heteroatoms. The van der Waals surface area contributed by atoms with Crippen LogP contribution in [0.5, 0.6) is 0 Å². The molecule has 11 nitrogen and oxygen atoms in total. The van der Waals surface area contributed by atoms with Gasteiger partial charge in [0.1, 0.15) is 12.7 Å². The highest BCUT2D eigenvalue weighted by molar-refractivity contribution is 7.47. The Morgan fingerprint density at radius 1 is 0.455 bits per heavy atom. The van der Waals surface area contributed by atoms with Gasteiger partial charge in [-0.05, 0) is 77.0 Å². The lowest BCUT2D eigenvalue weighted by Crippen LogP contribution is -2.30. The first-order valence-corrected chi connectivity index (χ1v) is 26.6. The molecule has 0 saturated heterocycles. The molecule has 0 bridgehead atoms. The quantitative estimate of drug-likeness (QED) is 0.0197. The molecular weight excluding hydrogens is 856 g/mol. The Labute approximate surface area is 400 Å². The Bertz CT molecular complexity index is 1480. The average molecular weight is 945 g/mol. The first-order chi connectivity index (χ1) is 32.2. The van der Waals surface area contributed by atoms with E-state index in [1.54, 1.807) is 6.08 Å². The molecular formula is C54H89O11P. The maximum Gasteiger partial charge on any atom is 0.472 e. The number of esters is 3. The zero-order valence-corrected chi connectivity index (χ0v) is 42.0. The SMILES string of the molecule is CC/C=C\C/C=C\C/C=C\C/C=C\C/C=C\CC(=O)OC(COC(=O)CCCCC/C=C\C/C=C\C/C=C\CC)COP(=O)(O)OCC(CO)OC(=O)CCCCCCCCCCCCC. The number of ether oxygens (including phenoxy) is 3. The number of carbonyl (C=O) groups is 3. The molecule has 2 N–H and O–H groups in total. The van der Waals surface area contributed by atoms with Gasteiger partial charge in [0.05, 0.1) is 26.2 Å². The van der Waals surface area contributed by atoms with E-state index in [1.165, 1.54) is 44.9 Å². The van der Waals surface area contributed by atoms with Crippen LogP contribution in [0, 0.1) is 0 Å². The number of aliphatic hydroxyl groups excluding tert-OH is 1. The third kappa shape index (κ3) is 45.6. The molecule has 0 aliphatic heterocycles. The van der Waals surface area contributed by atoms with Gasteiger partial charge in [0.15, 0.2) is 6.10 Å². The van der Waals surface area contributed by atoms with Crippen molar-refractivity contribution in [2.75, 3.05) is 26.4 Å². The van der Waals surface area contributed by atoms with Gasteiger partial charge in [0.25, 0.3) is 0 Å². The lowest BCUT2D eigenvalue weighted by molar-refractivity contribution is -0.160. The number of hydrogen-bond acceptors (Lipinski definition) is 10. The van der Waals surface area contributed by atoms with E-state index < -0.39 is 64.4 Å². The second-order valence-corrected chi connectivity index (χ2v) is 17.7. The minimum absolute atomic E-state index is 0.0744.